The fourth-order valence-electron chi connectivity index (χ4n) is 4.64. The molecule has 4 rings (SSSR count). The van der Waals surface area contributed by atoms with E-state index in [2.05, 4.69) is 0 Å². The molecule has 28 heavy (non-hydrogen) atoms. The van der Waals surface area contributed by atoms with Crippen molar-refractivity contribution in [3.8, 4) is 0 Å². The van der Waals surface area contributed by atoms with Gasteiger partial charge in [-0.3, -0.25) is 0 Å². The van der Waals surface area contributed by atoms with Gasteiger partial charge in [-0.15, -0.1) is 0 Å². The highest BCUT2D eigenvalue weighted by Gasteiger charge is 2.48. The lowest BCUT2D eigenvalue weighted by atomic mass is 9.72. The number of amides is 1. The molecule has 0 aromatic heterocycles. The maximum atomic E-state index is 14.1. The highest BCUT2D eigenvalue weighted by atomic mass is 19.1. The zero-order chi connectivity index (χ0) is 19.7. The molecule has 2 aromatic rings. The van der Waals surface area contributed by atoms with Crippen LogP contribution in [0.25, 0.3) is 0 Å². The Labute approximate surface area is 164 Å². The highest BCUT2D eigenvalue weighted by Crippen LogP contribution is 2.44. The van der Waals surface area contributed by atoms with E-state index in [0.717, 1.165) is 24.8 Å². The third-order valence-electron chi connectivity index (χ3n) is 6.13. The number of halogens is 1. The standard InChI is InChI=1S/C23H26FNO3/c1-16-10-11-18(12-21(16)24)23(27)13-19-8-5-9-20(14-23)25(19)22(26)28-15-17-6-3-2-4-7-17/h2-4,6-7,10-12,19-20,27H,5,8-9,13-15H2,1H3. The quantitative estimate of drug-likeness (QED) is 0.838. The van der Waals surface area contributed by atoms with E-state index in [4.69, 9.17) is 4.74 Å². The molecule has 0 saturated carbocycles. The molecule has 2 atom stereocenters. The normalized spacial score (nSPS) is 26.8. The van der Waals surface area contributed by atoms with E-state index in [-0.39, 0.29) is 30.6 Å². The monoisotopic (exact) mass is 383 g/mol. The molecule has 5 heteroatoms. The predicted octanol–water partition coefficient (Wildman–Crippen LogP) is 4.68. The molecule has 2 bridgehead atoms. The van der Waals surface area contributed by atoms with E-state index in [1.807, 2.05) is 35.2 Å². The van der Waals surface area contributed by atoms with Gasteiger partial charge in [0.15, 0.2) is 0 Å². The molecule has 0 spiro atoms. The van der Waals surface area contributed by atoms with Gasteiger partial charge in [-0.2, -0.15) is 0 Å². The molecule has 0 radical (unpaired) electrons. The molecule has 2 heterocycles. The van der Waals surface area contributed by atoms with Gasteiger partial charge in [0.25, 0.3) is 0 Å². The smallest absolute Gasteiger partial charge is 0.410 e. The Kier molecular flexibility index (Phi) is 5.11. The molecule has 2 unspecified atom stereocenters. The van der Waals surface area contributed by atoms with E-state index < -0.39 is 5.60 Å². The number of hydrogen-bond donors (Lipinski definition) is 1. The van der Waals surface area contributed by atoms with Crippen LogP contribution in [-0.2, 0) is 16.9 Å². The summed E-state index contributed by atoms with van der Waals surface area (Å²) in [5, 5.41) is 11.3. The second-order valence-electron chi connectivity index (χ2n) is 8.09. The van der Waals surface area contributed by atoms with Crippen molar-refractivity contribution in [2.24, 2.45) is 0 Å². The van der Waals surface area contributed by atoms with Gasteiger partial charge in [0.05, 0.1) is 5.60 Å². The number of carbonyl (C=O) groups excluding carboxylic acids is 1. The van der Waals surface area contributed by atoms with Gasteiger partial charge >= 0.3 is 6.09 Å². The Morgan fingerprint density at radius 3 is 2.50 bits per heavy atom. The minimum absolute atomic E-state index is 0.0925. The number of ether oxygens (including phenoxy) is 1. The lowest BCUT2D eigenvalue weighted by molar-refractivity contribution is -0.0897. The van der Waals surface area contributed by atoms with E-state index >= 15 is 0 Å². The van der Waals surface area contributed by atoms with Crippen molar-refractivity contribution in [3.05, 3.63) is 71.0 Å². The first-order valence-corrected chi connectivity index (χ1v) is 9.94. The van der Waals surface area contributed by atoms with Crippen molar-refractivity contribution in [2.75, 3.05) is 0 Å². The summed E-state index contributed by atoms with van der Waals surface area (Å²) in [7, 11) is 0. The van der Waals surface area contributed by atoms with Crippen LogP contribution in [0.2, 0.25) is 0 Å². The zero-order valence-corrected chi connectivity index (χ0v) is 16.1. The van der Waals surface area contributed by atoms with E-state index in [9.17, 15) is 14.3 Å². The predicted molar refractivity (Wildman–Crippen MR) is 104 cm³/mol. The summed E-state index contributed by atoms with van der Waals surface area (Å²) >= 11 is 0. The van der Waals surface area contributed by atoms with Crippen LogP contribution in [0.3, 0.4) is 0 Å². The van der Waals surface area contributed by atoms with Crippen LogP contribution in [-0.4, -0.2) is 28.2 Å². The number of aryl methyl sites for hydroxylation is 1. The average molecular weight is 383 g/mol. The summed E-state index contributed by atoms with van der Waals surface area (Å²) in [6.45, 7) is 1.95. The van der Waals surface area contributed by atoms with Gasteiger partial charge in [-0.1, -0.05) is 42.5 Å². The molecule has 1 N–H and O–H groups in total. The van der Waals surface area contributed by atoms with Gasteiger partial charge < -0.3 is 14.7 Å². The summed E-state index contributed by atoms with van der Waals surface area (Å²) in [4.78, 5) is 14.6. The van der Waals surface area contributed by atoms with Crippen LogP contribution in [0.15, 0.2) is 48.5 Å². The van der Waals surface area contributed by atoms with Gasteiger partial charge in [0.1, 0.15) is 12.4 Å². The molecular weight excluding hydrogens is 357 g/mol. The number of benzene rings is 2. The molecule has 148 valence electrons. The van der Waals surface area contributed by atoms with Gasteiger partial charge in [0, 0.05) is 24.9 Å². The van der Waals surface area contributed by atoms with Crippen molar-refractivity contribution in [3.63, 3.8) is 0 Å². The Morgan fingerprint density at radius 1 is 1.18 bits per heavy atom. The summed E-state index contributed by atoms with van der Waals surface area (Å²) in [5.74, 6) is -0.305. The Hall–Kier alpha value is -2.40. The Balaban J connectivity index is 1.50. The first kappa shape index (κ1) is 18.9. The van der Waals surface area contributed by atoms with Gasteiger partial charge in [-0.25, -0.2) is 9.18 Å². The minimum Gasteiger partial charge on any atom is -0.445 e. The van der Waals surface area contributed by atoms with Crippen LogP contribution < -0.4 is 0 Å². The number of hydrogen-bond acceptors (Lipinski definition) is 3. The number of piperidine rings is 2. The summed E-state index contributed by atoms with van der Waals surface area (Å²) in [5.41, 5.74) is 1.00. The van der Waals surface area contributed by atoms with Crippen LogP contribution in [0.1, 0.15) is 48.8 Å². The third-order valence-corrected chi connectivity index (χ3v) is 6.13. The lowest BCUT2D eigenvalue weighted by Crippen LogP contribution is -2.58. The van der Waals surface area contributed by atoms with Gasteiger partial charge in [0.2, 0.25) is 0 Å². The highest BCUT2D eigenvalue weighted by molar-refractivity contribution is 5.69. The van der Waals surface area contributed by atoms with Crippen molar-refractivity contribution in [1.29, 1.82) is 0 Å². The molecular formula is C23H26FNO3. The topological polar surface area (TPSA) is 49.8 Å². The largest absolute Gasteiger partial charge is 0.445 e. The number of aliphatic hydroxyl groups is 1. The SMILES string of the molecule is Cc1ccc(C2(O)CC3CCCC(C2)N3C(=O)OCc2ccccc2)cc1F. The molecule has 1 amide bonds. The van der Waals surface area contributed by atoms with Crippen molar-refractivity contribution >= 4 is 6.09 Å². The summed E-state index contributed by atoms with van der Waals surface area (Å²) < 4.78 is 19.6. The third kappa shape index (κ3) is 3.63. The molecule has 0 aliphatic carbocycles. The van der Waals surface area contributed by atoms with E-state index in [0.29, 0.717) is 24.0 Å². The molecule has 2 aliphatic heterocycles. The number of carbonyl (C=O) groups is 1. The van der Waals surface area contributed by atoms with E-state index in [1.54, 1.807) is 19.1 Å². The van der Waals surface area contributed by atoms with Crippen LogP contribution in [0, 0.1) is 12.7 Å². The molecule has 2 aromatic carbocycles. The first-order valence-electron chi connectivity index (χ1n) is 9.94. The van der Waals surface area contributed by atoms with Crippen LogP contribution in [0.4, 0.5) is 9.18 Å². The number of fused-ring (bicyclic) bond motifs is 2. The maximum Gasteiger partial charge on any atom is 0.410 e. The fraction of sp³-hybridized carbons (Fsp3) is 0.435. The maximum absolute atomic E-state index is 14.1. The van der Waals surface area contributed by atoms with Crippen LogP contribution >= 0.6 is 0 Å². The average Bonchev–Trinajstić information content (AvgIpc) is 2.68. The minimum atomic E-state index is -1.11. The first-order chi connectivity index (χ1) is 13.5. The number of nitrogens with zero attached hydrogens (tertiary/aromatic N) is 1. The molecule has 2 saturated heterocycles. The molecule has 4 nitrogen and oxygen atoms in total. The Morgan fingerprint density at radius 2 is 1.86 bits per heavy atom. The fourth-order valence-corrected chi connectivity index (χ4v) is 4.64. The Bertz CT molecular complexity index is 840. The summed E-state index contributed by atoms with van der Waals surface area (Å²) in [6.07, 6.45) is 3.17. The van der Waals surface area contributed by atoms with Crippen molar-refractivity contribution in [1.82, 2.24) is 4.90 Å². The van der Waals surface area contributed by atoms with Crippen molar-refractivity contribution < 1.29 is 19.0 Å². The molecule has 2 aliphatic rings. The van der Waals surface area contributed by atoms with Gasteiger partial charge in [-0.05, 0) is 48.9 Å². The van der Waals surface area contributed by atoms with E-state index in [1.165, 1.54) is 6.07 Å². The van der Waals surface area contributed by atoms with Crippen molar-refractivity contribution in [2.45, 2.75) is 63.3 Å². The number of rotatable bonds is 3. The zero-order valence-electron chi connectivity index (χ0n) is 16.1. The lowest BCUT2D eigenvalue weighted by Gasteiger charge is -2.51. The van der Waals surface area contributed by atoms with Crippen LogP contribution in [0.5, 0.6) is 0 Å². The summed E-state index contributed by atoms with van der Waals surface area (Å²) in [6, 6.07) is 14.4. The second-order valence-corrected chi connectivity index (χ2v) is 8.09. The second kappa shape index (κ2) is 7.55. The molecule has 2 fully saturated rings.